The van der Waals surface area contributed by atoms with Gasteiger partial charge in [0.15, 0.2) is 0 Å². The van der Waals surface area contributed by atoms with E-state index in [0.29, 0.717) is 0 Å². The first-order chi connectivity index (χ1) is 11.0. The van der Waals surface area contributed by atoms with Gasteiger partial charge < -0.3 is 20.9 Å². The van der Waals surface area contributed by atoms with Crippen LogP contribution in [0.1, 0.15) is 18.1 Å². The van der Waals surface area contributed by atoms with E-state index in [1.54, 1.807) is 6.92 Å². The fourth-order valence-electron chi connectivity index (χ4n) is 1.55. The Morgan fingerprint density at radius 3 is 2.29 bits per heavy atom. The zero-order valence-corrected chi connectivity index (χ0v) is 15.9. The van der Waals surface area contributed by atoms with Gasteiger partial charge in [0.05, 0.1) is 6.54 Å². The Hall–Kier alpha value is -1.21. The number of carbonyl (C=O) groups is 2. The highest BCUT2D eigenvalue weighted by atomic mass is 35.6. The Kier molecular flexibility index (Phi) is 10.1. The fraction of sp³-hybridized carbons (Fsp3) is 0.467. The van der Waals surface area contributed by atoms with Crippen LogP contribution >= 0.6 is 34.8 Å². The first-order valence-corrected chi connectivity index (χ1v) is 8.08. The van der Waals surface area contributed by atoms with Crippen LogP contribution < -0.4 is 11.1 Å². The lowest BCUT2D eigenvalue weighted by molar-refractivity contribution is -0.144. The average molecular weight is 400 g/mol. The van der Waals surface area contributed by atoms with E-state index >= 15 is 0 Å². The van der Waals surface area contributed by atoms with Crippen molar-refractivity contribution in [2.24, 2.45) is 5.73 Å². The molecule has 0 amide bonds. The normalized spacial score (nSPS) is 11.8. The fourth-order valence-corrected chi connectivity index (χ4v) is 1.71. The van der Waals surface area contributed by atoms with E-state index in [4.69, 9.17) is 44.6 Å². The third kappa shape index (κ3) is 10.5. The van der Waals surface area contributed by atoms with Gasteiger partial charge in [-0.05, 0) is 32.4 Å². The van der Waals surface area contributed by atoms with E-state index in [1.165, 1.54) is 0 Å². The van der Waals surface area contributed by atoms with Gasteiger partial charge in [0.2, 0.25) is 3.79 Å². The van der Waals surface area contributed by atoms with E-state index in [1.807, 2.05) is 32.0 Å². The third-order valence-electron chi connectivity index (χ3n) is 2.66. The molecule has 0 heterocycles. The van der Waals surface area contributed by atoms with Gasteiger partial charge in [-0.25, -0.2) is 4.79 Å². The molecule has 9 heteroatoms. The highest BCUT2D eigenvalue weighted by molar-refractivity contribution is 6.67. The SMILES string of the molecule is Cc1ccc(N[C@@H](C)C(=O)OCC(Cl)(Cl)Cl)c(C)c1.NCC(=O)O. The number of esters is 1. The molecule has 0 aliphatic rings. The number of carboxylic acid groups (broad SMARTS) is 1. The van der Waals surface area contributed by atoms with Crippen molar-refractivity contribution >= 4 is 52.4 Å². The molecule has 0 aliphatic heterocycles. The Morgan fingerprint density at radius 2 is 1.88 bits per heavy atom. The summed E-state index contributed by atoms with van der Waals surface area (Å²) in [5, 5.41) is 10.7. The van der Waals surface area contributed by atoms with Crippen LogP contribution in [0.5, 0.6) is 0 Å². The molecule has 0 radical (unpaired) electrons. The summed E-state index contributed by atoms with van der Waals surface area (Å²) in [7, 11) is 0. The zero-order valence-electron chi connectivity index (χ0n) is 13.6. The quantitative estimate of drug-likeness (QED) is 0.519. The number of carboxylic acids is 1. The minimum absolute atomic E-state index is 0.268. The number of nitrogens with one attached hydrogen (secondary N) is 1. The minimum Gasteiger partial charge on any atom is -0.480 e. The van der Waals surface area contributed by atoms with E-state index in [9.17, 15) is 9.59 Å². The standard InChI is InChI=1S/C13H16Cl3NO2.C2H5NO2/c1-8-4-5-11(9(2)6-8)17-10(3)12(18)19-7-13(14,15)16;3-1-2(4)5/h4-6,10,17H,7H2,1-3H3;1,3H2,(H,4,5)/t10-;/m0./s1. The lowest BCUT2D eigenvalue weighted by atomic mass is 10.1. The van der Waals surface area contributed by atoms with Crippen LogP contribution in [-0.2, 0) is 14.3 Å². The minimum atomic E-state index is -1.59. The monoisotopic (exact) mass is 398 g/mol. The molecule has 136 valence electrons. The summed E-state index contributed by atoms with van der Waals surface area (Å²) in [6.07, 6.45) is 0. The molecule has 1 rings (SSSR count). The molecule has 0 spiro atoms. The number of alkyl halides is 3. The number of anilines is 1. The second kappa shape index (κ2) is 10.6. The predicted molar refractivity (Wildman–Crippen MR) is 96.9 cm³/mol. The molecule has 0 bridgehead atoms. The number of aliphatic carboxylic acids is 1. The number of aryl methyl sites for hydroxylation is 2. The second-order valence-corrected chi connectivity index (χ2v) is 7.52. The first kappa shape index (κ1) is 22.8. The Labute approximate surface area is 156 Å². The van der Waals surface area contributed by atoms with Gasteiger partial charge >= 0.3 is 11.9 Å². The van der Waals surface area contributed by atoms with Crippen LogP contribution in [0, 0.1) is 13.8 Å². The molecule has 6 nitrogen and oxygen atoms in total. The maximum absolute atomic E-state index is 11.7. The molecule has 4 N–H and O–H groups in total. The van der Waals surface area contributed by atoms with Crippen LogP contribution in [0.2, 0.25) is 0 Å². The molecule has 0 saturated carbocycles. The molecule has 0 saturated heterocycles. The van der Waals surface area contributed by atoms with Crippen molar-refractivity contribution in [3.8, 4) is 0 Å². The van der Waals surface area contributed by atoms with Crippen LogP contribution in [0.25, 0.3) is 0 Å². The maximum atomic E-state index is 11.7. The molecular weight excluding hydrogens is 379 g/mol. The Balaban J connectivity index is 0.000000922. The number of halogens is 3. The van der Waals surface area contributed by atoms with Crippen molar-refractivity contribution in [1.29, 1.82) is 0 Å². The van der Waals surface area contributed by atoms with Crippen molar-refractivity contribution in [3.05, 3.63) is 29.3 Å². The largest absolute Gasteiger partial charge is 0.480 e. The van der Waals surface area contributed by atoms with Gasteiger partial charge in [-0.15, -0.1) is 0 Å². The van der Waals surface area contributed by atoms with Crippen molar-refractivity contribution < 1.29 is 19.4 Å². The van der Waals surface area contributed by atoms with Gasteiger partial charge in [0.25, 0.3) is 0 Å². The third-order valence-corrected chi connectivity index (χ3v) is 2.99. The molecule has 1 aromatic carbocycles. The van der Waals surface area contributed by atoms with Crippen molar-refractivity contribution in [2.45, 2.75) is 30.6 Å². The molecule has 0 aromatic heterocycles. The molecule has 24 heavy (non-hydrogen) atoms. The molecule has 1 atom stereocenters. The first-order valence-electron chi connectivity index (χ1n) is 6.95. The van der Waals surface area contributed by atoms with Gasteiger partial charge in [-0.2, -0.15) is 0 Å². The number of nitrogens with two attached hydrogens (primary N) is 1. The number of hydrogen-bond acceptors (Lipinski definition) is 5. The number of benzene rings is 1. The topological polar surface area (TPSA) is 102 Å². The van der Waals surface area contributed by atoms with E-state index in [-0.39, 0.29) is 13.2 Å². The smallest absolute Gasteiger partial charge is 0.328 e. The van der Waals surface area contributed by atoms with Gasteiger partial charge in [-0.1, -0.05) is 52.5 Å². The number of carbonyl (C=O) groups excluding carboxylic acids is 1. The van der Waals surface area contributed by atoms with E-state index < -0.39 is 21.8 Å². The maximum Gasteiger partial charge on any atom is 0.328 e. The molecule has 0 aliphatic carbocycles. The predicted octanol–water partition coefficient (Wildman–Crippen LogP) is 3.05. The zero-order chi connectivity index (χ0) is 18.9. The lowest BCUT2D eigenvalue weighted by Crippen LogP contribution is -2.31. The highest BCUT2D eigenvalue weighted by Gasteiger charge is 2.24. The van der Waals surface area contributed by atoms with Gasteiger partial charge in [0, 0.05) is 5.69 Å². The summed E-state index contributed by atoms with van der Waals surface area (Å²) < 4.78 is 3.32. The van der Waals surface area contributed by atoms with E-state index in [0.717, 1.165) is 16.8 Å². The van der Waals surface area contributed by atoms with Crippen LogP contribution in [0.15, 0.2) is 18.2 Å². The summed E-state index contributed by atoms with van der Waals surface area (Å²) in [6, 6.07) is 5.40. The molecule has 0 unspecified atom stereocenters. The number of rotatable bonds is 5. The lowest BCUT2D eigenvalue weighted by Gasteiger charge is -2.18. The molecular formula is C15H21Cl3N2O4. The second-order valence-electron chi connectivity index (χ2n) is 5.01. The van der Waals surface area contributed by atoms with E-state index in [2.05, 4.69) is 11.1 Å². The number of ether oxygens (including phenoxy) is 1. The summed E-state index contributed by atoms with van der Waals surface area (Å²) >= 11 is 16.6. The summed E-state index contributed by atoms with van der Waals surface area (Å²) in [4.78, 5) is 21.0. The van der Waals surface area contributed by atoms with Crippen molar-refractivity contribution in [1.82, 2.24) is 0 Å². The van der Waals surface area contributed by atoms with Gasteiger partial charge in [-0.3, -0.25) is 4.79 Å². The number of hydrogen-bond donors (Lipinski definition) is 3. The Morgan fingerprint density at radius 1 is 1.33 bits per heavy atom. The van der Waals surface area contributed by atoms with Gasteiger partial charge in [0.1, 0.15) is 12.6 Å². The molecule has 0 fully saturated rings. The molecule has 1 aromatic rings. The van der Waals surface area contributed by atoms with Crippen LogP contribution in [-0.4, -0.2) is 40.0 Å². The van der Waals surface area contributed by atoms with Crippen LogP contribution in [0.3, 0.4) is 0 Å². The van der Waals surface area contributed by atoms with Crippen LogP contribution in [0.4, 0.5) is 5.69 Å². The summed E-state index contributed by atoms with van der Waals surface area (Å²) in [5.74, 6) is -1.43. The van der Waals surface area contributed by atoms with Crippen molar-refractivity contribution in [3.63, 3.8) is 0 Å². The summed E-state index contributed by atoms with van der Waals surface area (Å²) in [5.41, 5.74) is 7.67. The average Bonchev–Trinajstić information content (AvgIpc) is 2.47. The Bertz CT molecular complexity index is 562. The summed E-state index contributed by atoms with van der Waals surface area (Å²) in [6.45, 7) is 5.12. The highest BCUT2D eigenvalue weighted by Crippen LogP contribution is 2.26. The van der Waals surface area contributed by atoms with Crippen molar-refractivity contribution in [2.75, 3.05) is 18.5 Å².